The first-order valence-corrected chi connectivity index (χ1v) is 11.1. The molecule has 2 aromatic carbocycles. The van der Waals surface area contributed by atoms with E-state index in [0.717, 1.165) is 6.42 Å². The Balaban J connectivity index is 1.45. The molecular formula is C24H27N5O4. The van der Waals surface area contributed by atoms with Gasteiger partial charge in [0.15, 0.2) is 0 Å². The highest BCUT2D eigenvalue weighted by Gasteiger charge is 2.36. The Kier molecular flexibility index (Phi) is 7.40. The lowest BCUT2D eigenvalue weighted by molar-refractivity contribution is -0.128. The molecule has 2 atom stereocenters. The Morgan fingerprint density at radius 1 is 1.12 bits per heavy atom. The number of benzene rings is 2. The lowest BCUT2D eigenvalue weighted by atomic mass is 10.0. The summed E-state index contributed by atoms with van der Waals surface area (Å²) in [5.41, 5.74) is 3.66. The highest BCUT2D eigenvalue weighted by atomic mass is 16.5. The number of para-hydroxylation sites is 1. The van der Waals surface area contributed by atoms with E-state index in [1.165, 1.54) is 5.01 Å². The van der Waals surface area contributed by atoms with E-state index >= 15 is 0 Å². The molecule has 3 amide bonds. The third-order valence-electron chi connectivity index (χ3n) is 5.62. The van der Waals surface area contributed by atoms with E-state index in [0.29, 0.717) is 56.3 Å². The number of carbonyl (C=O) groups excluding carboxylic acids is 2. The van der Waals surface area contributed by atoms with Gasteiger partial charge >= 0.3 is 6.03 Å². The number of hydrazine groups is 1. The standard InChI is InChI=1S/C24H27N5O4/c25-17-21(18-6-4-9-20(16-18)33-19-7-2-1-3-8-19)27-23(30)22-10-5-11-26-29(22)24(31)28-12-14-32-15-13-28/h1-4,6-9,16,21-22,26H,5,10-15H2,(H,27,30). The van der Waals surface area contributed by atoms with Gasteiger partial charge in [-0.15, -0.1) is 0 Å². The van der Waals surface area contributed by atoms with Crippen LogP contribution in [-0.4, -0.2) is 60.7 Å². The second-order valence-electron chi connectivity index (χ2n) is 7.88. The molecular weight excluding hydrogens is 422 g/mol. The van der Waals surface area contributed by atoms with E-state index in [4.69, 9.17) is 9.47 Å². The Morgan fingerprint density at radius 2 is 1.88 bits per heavy atom. The number of nitrogens with zero attached hydrogens (tertiary/aromatic N) is 3. The van der Waals surface area contributed by atoms with Gasteiger partial charge in [-0.2, -0.15) is 5.26 Å². The van der Waals surface area contributed by atoms with Crippen LogP contribution >= 0.6 is 0 Å². The maximum atomic E-state index is 13.1. The summed E-state index contributed by atoms with van der Waals surface area (Å²) in [6.45, 7) is 2.55. The Labute approximate surface area is 192 Å². The summed E-state index contributed by atoms with van der Waals surface area (Å²) in [7, 11) is 0. The van der Waals surface area contributed by atoms with Crippen LogP contribution < -0.4 is 15.5 Å². The molecule has 2 N–H and O–H groups in total. The molecule has 0 aromatic heterocycles. The van der Waals surface area contributed by atoms with Crippen LogP contribution in [0.4, 0.5) is 4.79 Å². The minimum atomic E-state index is -0.876. The molecule has 0 spiro atoms. The molecule has 2 aliphatic heterocycles. The summed E-state index contributed by atoms with van der Waals surface area (Å²) >= 11 is 0. The first kappa shape index (κ1) is 22.6. The number of hydrogen-bond donors (Lipinski definition) is 2. The van der Waals surface area contributed by atoms with E-state index in [1.807, 2.05) is 30.3 Å². The van der Waals surface area contributed by atoms with E-state index in [-0.39, 0.29) is 11.9 Å². The zero-order valence-corrected chi connectivity index (χ0v) is 18.3. The molecule has 2 fully saturated rings. The van der Waals surface area contributed by atoms with Crippen molar-refractivity contribution in [2.45, 2.75) is 24.9 Å². The maximum absolute atomic E-state index is 13.1. The zero-order chi connectivity index (χ0) is 23.0. The Bertz CT molecular complexity index is 1000. The lowest BCUT2D eigenvalue weighted by Crippen LogP contribution is -2.62. The summed E-state index contributed by atoms with van der Waals surface area (Å²) in [5, 5.41) is 14.0. The molecule has 2 unspecified atom stereocenters. The van der Waals surface area contributed by atoms with E-state index in [1.54, 1.807) is 29.2 Å². The summed E-state index contributed by atoms with van der Waals surface area (Å²) in [4.78, 5) is 27.8. The van der Waals surface area contributed by atoms with Crippen LogP contribution in [0.2, 0.25) is 0 Å². The van der Waals surface area contributed by atoms with Gasteiger partial charge in [0.25, 0.3) is 0 Å². The quantitative estimate of drug-likeness (QED) is 0.727. The average molecular weight is 450 g/mol. The fourth-order valence-electron chi connectivity index (χ4n) is 3.90. The van der Waals surface area contributed by atoms with Gasteiger partial charge in [-0.3, -0.25) is 4.79 Å². The molecule has 9 nitrogen and oxygen atoms in total. The van der Waals surface area contributed by atoms with Crippen molar-refractivity contribution in [2.24, 2.45) is 0 Å². The van der Waals surface area contributed by atoms with Gasteiger partial charge in [0, 0.05) is 19.6 Å². The van der Waals surface area contributed by atoms with Crippen LogP contribution in [0.3, 0.4) is 0 Å². The fourth-order valence-corrected chi connectivity index (χ4v) is 3.90. The van der Waals surface area contributed by atoms with Crippen LogP contribution in [0.15, 0.2) is 54.6 Å². The number of morpholine rings is 1. The highest BCUT2D eigenvalue weighted by molar-refractivity contribution is 5.87. The monoisotopic (exact) mass is 449 g/mol. The predicted octanol–water partition coefficient (Wildman–Crippen LogP) is 2.58. The molecule has 2 saturated heterocycles. The molecule has 0 radical (unpaired) electrons. The molecule has 0 saturated carbocycles. The fraction of sp³-hybridized carbons (Fsp3) is 0.375. The Hall–Kier alpha value is -3.61. The highest BCUT2D eigenvalue weighted by Crippen LogP contribution is 2.25. The van der Waals surface area contributed by atoms with Gasteiger partial charge in [-0.25, -0.2) is 15.2 Å². The van der Waals surface area contributed by atoms with Crippen molar-refractivity contribution in [3.05, 3.63) is 60.2 Å². The smallest absolute Gasteiger partial charge is 0.335 e. The van der Waals surface area contributed by atoms with Crippen LogP contribution in [0.1, 0.15) is 24.4 Å². The third kappa shape index (κ3) is 5.61. The molecule has 2 heterocycles. The SMILES string of the molecule is N#CC(NC(=O)C1CCCNN1C(=O)N1CCOCC1)c1cccc(Oc2ccccc2)c1. The molecule has 0 aliphatic carbocycles. The van der Waals surface area contributed by atoms with Crippen LogP contribution in [0.5, 0.6) is 11.5 Å². The molecule has 4 rings (SSSR count). The number of rotatable bonds is 5. The van der Waals surface area contributed by atoms with Gasteiger partial charge < -0.3 is 19.7 Å². The van der Waals surface area contributed by atoms with Crippen molar-refractivity contribution in [1.29, 1.82) is 5.26 Å². The molecule has 2 aliphatic rings. The topological polar surface area (TPSA) is 107 Å². The normalized spacial score (nSPS) is 19.3. The third-order valence-corrected chi connectivity index (χ3v) is 5.62. The van der Waals surface area contributed by atoms with Crippen molar-refractivity contribution in [2.75, 3.05) is 32.8 Å². The number of hydrogen-bond acceptors (Lipinski definition) is 6. The number of urea groups is 1. The minimum absolute atomic E-state index is 0.245. The minimum Gasteiger partial charge on any atom is -0.457 e. The van der Waals surface area contributed by atoms with Crippen LogP contribution in [0, 0.1) is 11.3 Å². The van der Waals surface area contributed by atoms with Gasteiger partial charge in [0.05, 0.1) is 19.3 Å². The second kappa shape index (κ2) is 10.8. The number of nitrogens with one attached hydrogen (secondary N) is 2. The number of ether oxygens (including phenoxy) is 2. The summed E-state index contributed by atoms with van der Waals surface area (Å²) in [5.74, 6) is 0.874. The zero-order valence-electron chi connectivity index (χ0n) is 18.3. The van der Waals surface area contributed by atoms with E-state index < -0.39 is 12.1 Å². The van der Waals surface area contributed by atoms with Crippen molar-refractivity contribution >= 4 is 11.9 Å². The number of nitriles is 1. The van der Waals surface area contributed by atoms with Crippen molar-refractivity contribution in [1.82, 2.24) is 20.7 Å². The van der Waals surface area contributed by atoms with Crippen LogP contribution in [0.25, 0.3) is 0 Å². The predicted molar refractivity (Wildman–Crippen MR) is 120 cm³/mol. The molecule has 172 valence electrons. The summed E-state index contributed by atoms with van der Waals surface area (Å²) in [6.07, 6.45) is 1.27. The molecule has 9 heteroatoms. The second-order valence-corrected chi connectivity index (χ2v) is 7.88. The summed E-state index contributed by atoms with van der Waals surface area (Å²) in [6, 6.07) is 16.7. The molecule has 33 heavy (non-hydrogen) atoms. The number of amides is 3. The lowest BCUT2D eigenvalue weighted by Gasteiger charge is -2.39. The van der Waals surface area contributed by atoms with Crippen LogP contribution in [-0.2, 0) is 9.53 Å². The molecule has 2 aromatic rings. The molecule has 0 bridgehead atoms. The number of carbonyl (C=O) groups is 2. The average Bonchev–Trinajstić information content (AvgIpc) is 2.88. The first-order valence-electron chi connectivity index (χ1n) is 11.1. The van der Waals surface area contributed by atoms with Crippen molar-refractivity contribution < 1.29 is 19.1 Å². The van der Waals surface area contributed by atoms with Gasteiger partial charge in [-0.05, 0) is 42.7 Å². The summed E-state index contributed by atoms with van der Waals surface area (Å²) < 4.78 is 11.2. The van der Waals surface area contributed by atoms with Crippen molar-refractivity contribution in [3.63, 3.8) is 0 Å². The van der Waals surface area contributed by atoms with E-state index in [9.17, 15) is 14.9 Å². The van der Waals surface area contributed by atoms with Crippen molar-refractivity contribution in [3.8, 4) is 17.6 Å². The van der Waals surface area contributed by atoms with Gasteiger partial charge in [0.1, 0.15) is 23.6 Å². The van der Waals surface area contributed by atoms with Gasteiger partial charge in [0.2, 0.25) is 5.91 Å². The first-order chi connectivity index (χ1) is 16.2. The van der Waals surface area contributed by atoms with Gasteiger partial charge in [-0.1, -0.05) is 30.3 Å². The van der Waals surface area contributed by atoms with E-state index in [2.05, 4.69) is 16.8 Å². The maximum Gasteiger partial charge on any atom is 0.335 e. The largest absolute Gasteiger partial charge is 0.457 e. The Morgan fingerprint density at radius 3 is 2.64 bits per heavy atom.